The van der Waals surface area contributed by atoms with Crippen LogP contribution in [0.2, 0.25) is 0 Å². The maximum absolute atomic E-state index is 6.10. The molecule has 0 saturated heterocycles. The zero-order valence-corrected chi connectivity index (χ0v) is 12.0. The molecule has 1 aromatic rings. The summed E-state index contributed by atoms with van der Waals surface area (Å²) in [6.07, 6.45) is 4.70. The van der Waals surface area contributed by atoms with Gasteiger partial charge in [0, 0.05) is 24.3 Å². The van der Waals surface area contributed by atoms with Gasteiger partial charge in [-0.1, -0.05) is 34.1 Å². The van der Waals surface area contributed by atoms with Gasteiger partial charge in [-0.3, -0.25) is 0 Å². The first-order valence-electron chi connectivity index (χ1n) is 6.71. The largest absolute Gasteiger partial charge is 0.368 e. The van der Waals surface area contributed by atoms with Crippen LogP contribution in [0.15, 0.2) is 12.4 Å². The average molecular weight is 250 g/mol. The lowest BCUT2D eigenvalue weighted by Crippen LogP contribution is -2.33. The molecule has 0 fully saturated rings. The number of nitrogens with one attached hydrogen (secondary N) is 1. The zero-order valence-electron chi connectivity index (χ0n) is 12.0. The van der Waals surface area contributed by atoms with Crippen LogP contribution in [0.4, 0.5) is 5.82 Å². The first-order chi connectivity index (χ1) is 8.40. The topological polar surface area (TPSA) is 63.8 Å². The fraction of sp³-hybridized carbons (Fsp3) is 0.714. The third-order valence-electron chi connectivity index (χ3n) is 2.65. The summed E-state index contributed by atoms with van der Waals surface area (Å²) in [4.78, 5) is 8.45. The van der Waals surface area contributed by atoms with Crippen LogP contribution in [0, 0.1) is 5.41 Å². The monoisotopic (exact) mass is 250 g/mol. The van der Waals surface area contributed by atoms with Crippen molar-refractivity contribution in [1.29, 1.82) is 0 Å². The van der Waals surface area contributed by atoms with E-state index < -0.39 is 0 Å². The minimum Gasteiger partial charge on any atom is -0.368 e. The molecule has 0 saturated carbocycles. The summed E-state index contributed by atoms with van der Waals surface area (Å²) in [5.74, 6) is 0.873. The third kappa shape index (κ3) is 5.96. The van der Waals surface area contributed by atoms with E-state index >= 15 is 0 Å². The Balaban J connectivity index is 2.45. The average Bonchev–Trinajstić information content (AvgIpc) is 2.25. The van der Waals surface area contributed by atoms with E-state index in [1.54, 1.807) is 6.33 Å². The van der Waals surface area contributed by atoms with E-state index in [0.29, 0.717) is 0 Å². The van der Waals surface area contributed by atoms with Crippen LogP contribution in [0.1, 0.15) is 46.2 Å². The van der Waals surface area contributed by atoms with Crippen LogP contribution in [-0.4, -0.2) is 22.6 Å². The van der Waals surface area contributed by atoms with Crippen LogP contribution in [-0.2, 0) is 6.42 Å². The number of nitrogens with zero attached hydrogens (tertiary/aromatic N) is 2. The molecule has 18 heavy (non-hydrogen) atoms. The number of nitrogens with two attached hydrogens (primary N) is 1. The SMILES string of the molecule is CCCc1cc(NCC(N)CC(C)(C)C)ncn1. The Morgan fingerprint density at radius 2 is 2.06 bits per heavy atom. The van der Waals surface area contributed by atoms with Gasteiger partial charge in [0.15, 0.2) is 0 Å². The molecule has 1 aromatic heterocycles. The van der Waals surface area contributed by atoms with Crippen molar-refractivity contribution in [2.75, 3.05) is 11.9 Å². The van der Waals surface area contributed by atoms with Crippen molar-refractivity contribution >= 4 is 5.82 Å². The number of aromatic nitrogens is 2. The third-order valence-corrected chi connectivity index (χ3v) is 2.65. The second-order valence-electron chi connectivity index (χ2n) is 6.05. The summed E-state index contributed by atoms with van der Waals surface area (Å²) in [5.41, 5.74) is 7.45. The van der Waals surface area contributed by atoms with Crippen LogP contribution >= 0.6 is 0 Å². The fourth-order valence-electron chi connectivity index (χ4n) is 1.98. The summed E-state index contributed by atoms with van der Waals surface area (Å²) in [6, 6.07) is 2.16. The number of aryl methyl sites for hydroxylation is 1. The zero-order chi connectivity index (χ0) is 13.6. The predicted octanol–water partition coefficient (Wildman–Crippen LogP) is 2.60. The van der Waals surface area contributed by atoms with E-state index in [-0.39, 0.29) is 11.5 Å². The smallest absolute Gasteiger partial charge is 0.129 e. The highest BCUT2D eigenvalue weighted by Crippen LogP contribution is 2.20. The summed E-state index contributed by atoms with van der Waals surface area (Å²) in [6.45, 7) is 9.51. The van der Waals surface area contributed by atoms with Crippen molar-refractivity contribution in [2.45, 2.75) is 53.0 Å². The minimum absolute atomic E-state index is 0.148. The summed E-state index contributed by atoms with van der Waals surface area (Å²) in [7, 11) is 0. The highest BCUT2D eigenvalue weighted by Gasteiger charge is 2.15. The van der Waals surface area contributed by atoms with E-state index in [9.17, 15) is 0 Å². The minimum atomic E-state index is 0.148. The number of hydrogen-bond acceptors (Lipinski definition) is 4. The van der Waals surface area contributed by atoms with Gasteiger partial charge < -0.3 is 11.1 Å². The van der Waals surface area contributed by atoms with Gasteiger partial charge in [0.1, 0.15) is 12.1 Å². The summed E-state index contributed by atoms with van der Waals surface area (Å²) >= 11 is 0. The van der Waals surface area contributed by atoms with Crippen LogP contribution < -0.4 is 11.1 Å². The van der Waals surface area contributed by atoms with Crippen LogP contribution in [0.3, 0.4) is 0 Å². The van der Waals surface area contributed by atoms with Crippen LogP contribution in [0.5, 0.6) is 0 Å². The second-order valence-corrected chi connectivity index (χ2v) is 6.05. The summed E-state index contributed by atoms with van der Waals surface area (Å²) < 4.78 is 0. The molecule has 0 spiro atoms. The molecule has 0 aliphatic carbocycles. The lowest BCUT2D eigenvalue weighted by Gasteiger charge is -2.23. The van der Waals surface area contributed by atoms with E-state index in [1.165, 1.54) is 0 Å². The standard InChI is InChI=1S/C14H26N4/c1-5-6-12-7-13(18-10-17-12)16-9-11(15)8-14(2,3)4/h7,10-11H,5-6,8-9,15H2,1-4H3,(H,16,17,18). The molecule has 0 aliphatic heterocycles. The normalized spacial score (nSPS) is 13.4. The van der Waals surface area contributed by atoms with Gasteiger partial charge in [-0.05, 0) is 18.3 Å². The van der Waals surface area contributed by atoms with Crippen molar-refractivity contribution in [3.8, 4) is 0 Å². The van der Waals surface area contributed by atoms with Gasteiger partial charge in [-0.25, -0.2) is 9.97 Å². The molecule has 0 radical (unpaired) electrons. The molecule has 0 aliphatic rings. The molecule has 1 atom stereocenters. The number of anilines is 1. The molecule has 0 bridgehead atoms. The van der Waals surface area contributed by atoms with Gasteiger partial charge in [0.05, 0.1) is 0 Å². The van der Waals surface area contributed by atoms with Crippen molar-refractivity contribution in [2.24, 2.45) is 11.1 Å². The van der Waals surface area contributed by atoms with Crippen LogP contribution in [0.25, 0.3) is 0 Å². The Hall–Kier alpha value is -1.16. The molecule has 4 nitrogen and oxygen atoms in total. The quantitative estimate of drug-likeness (QED) is 0.814. The van der Waals surface area contributed by atoms with E-state index in [4.69, 9.17) is 5.73 Å². The van der Waals surface area contributed by atoms with Crippen molar-refractivity contribution in [1.82, 2.24) is 9.97 Å². The van der Waals surface area contributed by atoms with Gasteiger partial charge in [-0.2, -0.15) is 0 Å². The molecule has 1 rings (SSSR count). The molecule has 0 aromatic carbocycles. The van der Waals surface area contributed by atoms with Gasteiger partial charge in [-0.15, -0.1) is 0 Å². The maximum atomic E-state index is 6.10. The highest BCUT2D eigenvalue weighted by atomic mass is 15.0. The Kier molecular flexibility index (Phi) is 5.54. The maximum Gasteiger partial charge on any atom is 0.129 e. The Bertz CT molecular complexity index is 357. The molecular formula is C14H26N4. The van der Waals surface area contributed by atoms with Gasteiger partial charge in [0.2, 0.25) is 0 Å². The molecule has 102 valence electrons. The lowest BCUT2D eigenvalue weighted by atomic mass is 9.88. The lowest BCUT2D eigenvalue weighted by molar-refractivity contribution is 0.344. The van der Waals surface area contributed by atoms with E-state index in [0.717, 1.165) is 37.3 Å². The molecule has 0 amide bonds. The Morgan fingerprint density at radius 1 is 1.33 bits per heavy atom. The molecular weight excluding hydrogens is 224 g/mol. The van der Waals surface area contributed by atoms with Crippen molar-refractivity contribution in [3.63, 3.8) is 0 Å². The Morgan fingerprint density at radius 3 is 2.67 bits per heavy atom. The molecule has 1 unspecified atom stereocenters. The first-order valence-corrected chi connectivity index (χ1v) is 6.71. The second kappa shape index (κ2) is 6.69. The Labute approximate surface area is 110 Å². The number of hydrogen-bond donors (Lipinski definition) is 2. The predicted molar refractivity (Wildman–Crippen MR) is 76.6 cm³/mol. The van der Waals surface area contributed by atoms with Gasteiger partial charge in [0.25, 0.3) is 0 Å². The molecule has 1 heterocycles. The summed E-state index contributed by atoms with van der Waals surface area (Å²) in [5, 5.41) is 3.29. The van der Waals surface area contributed by atoms with Crippen molar-refractivity contribution in [3.05, 3.63) is 18.1 Å². The van der Waals surface area contributed by atoms with Crippen molar-refractivity contribution < 1.29 is 0 Å². The van der Waals surface area contributed by atoms with Gasteiger partial charge >= 0.3 is 0 Å². The van der Waals surface area contributed by atoms with E-state index in [2.05, 4.69) is 43.0 Å². The highest BCUT2D eigenvalue weighted by molar-refractivity contribution is 5.34. The fourth-order valence-corrected chi connectivity index (χ4v) is 1.98. The number of rotatable bonds is 6. The molecule has 3 N–H and O–H groups in total. The first kappa shape index (κ1) is 14.9. The molecule has 4 heteroatoms. The van der Waals surface area contributed by atoms with E-state index in [1.807, 2.05) is 6.07 Å².